The molecule has 42 heavy (non-hydrogen) atoms. The van der Waals surface area contributed by atoms with Gasteiger partial charge >= 0.3 is 17.9 Å². The van der Waals surface area contributed by atoms with Gasteiger partial charge in [-0.1, -0.05) is 6.07 Å². The van der Waals surface area contributed by atoms with E-state index in [1.54, 1.807) is 0 Å². The average molecular weight is 582 g/mol. The molecule has 4 rings (SSSR count). The van der Waals surface area contributed by atoms with E-state index in [9.17, 15) is 14.4 Å². The Morgan fingerprint density at radius 3 is 2.26 bits per heavy atom. The molecule has 0 fully saturated rings. The number of aliphatic hydroxyl groups is 1. The highest BCUT2D eigenvalue weighted by molar-refractivity contribution is 5.88. The zero-order chi connectivity index (χ0) is 30.7. The lowest BCUT2D eigenvalue weighted by atomic mass is 9.96. The first-order chi connectivity index (χ1) is 20.0. The molecule has 0 spiro atoms. The zero-order valence-electron chi connectivity index (χ0n) is 23.5. The second kappa shape index (κ2) is 14.8. The molecule has 0 bridgehead atoms. The van der Waals surface area contributed by atoms with Crippen molar-refractivity contribution in [2.45, 2.75) is 58.3 Å². The lowest BCUT2D eigenvalue weighted by Gasteiger charge is -2.22. The summed E-state index contributed by atoms with van der Waals surface area (Å²) in [6.07, 6.45) is 8.39. The molecule has 0 saturated carbocycles. The number of hydrogen-bond acceptors (Lipinski definition) is 8. The third-order valence-corrected chi connectivity index (χ3v) is 6.34. The maximum atomic E-state index is 10.3. The molecule has 0 saturated heterocycles. The molecule has 0 aliphatic carbocycles. The molecule has 0 aliphatic rings. The molecule has 0 aromatic carbocycles. The molecule has 0 unspecified atom stereocenters. The third kappa shape index (κ3) is 9.42. The van der Waals surface area contributed by atoms with Gasteiger partial charge in [0, 0.05) is 50.1 Å². The fourth-order valence-corrected chi connectivity index (χ4v) is 4.32. The van der Waals surface area contributed by atoms with Crippen LogP contribution in [0.4, 0.5) is 0 Å². The highest BCUT2D eigenvalue weighted by atomic mass is 16.4. The van der Waals surface area contributed by atoms with E-state index < -0.39 is 36.4 Å². The Kier molecular flexibility index (Phi) is 11.2. The number of hydrogen-bond donors (Lipinski definition) is 4. The van der Waals surface area contributed by atoms with Crippen LogP contribution in [0.15, 0.2) is 71.9 Å². The van der Waals surface area contributed by atoms with Crippen LogP contribution >= 0.6 is 0 Å². The largest absolute Gasteiger partial charge is 0.481 e. The first-order valence-corrected chi connectivity index (χ1v) is 13.2. The molecule has 4 N–H and O–H groups in total. The Labute approximate surface area is 242 Å². The summed E-state index contributed by atoms with van der Waals surface area (Å²) < 4.78 is 10.1. The number of aromatic nitrogens is 4. The van der Waals surface area contributed by atoms with Crippen molar-refractivity contribution in [2.75, 3.05) is 6.54 Å². The first-order valence-electron chi connectivity index (χ1n) is 13.2. The molecule has 4 aromatic rings. The summed E-state index contributed by atoms with van der Waals surface area (Å²) in [4.78, 5) is 41.6. The number of imidazole rings is 1. The molecule has 4 heterocycles. The Morgan fingerprint density at radius 1 is 0.952 bits per heavy atom. The lowest BCUT2D eigenvalue weighted by molar-refractivity contribution is -0.170. The summed E-state index contributed by atoms with van der Waals surface area (Å²) in [6, 6.07) is 12.4. The number of aliphatic carboxylic acids is 3. The number of carbonyl (C=O) groups is 3. The van der Waals surface area contributed by atoms with Gasteiger partial charge in [0.15, 0.2) is 5.60 Å². The SMILES string of the molecule is Cc1ccc(CN(CCCn2ccnc2)Cc2cccn2-c2ncccc2C)o1.O=C(O)CC(O)(CC(=O)O)C(=O)O. The van der Waals surface area contributed by atoms with E-state index >= 15 is 0 Å². The monoisotopic (exact) mass is 581 g/mol. The number of furan rings is 1. The number of aryl methyl sites for hydroxylation is 3. The van der Waals surface area contributed by atoms with Crippen LogP contribution in [0.5, 0.6) is 0 Å². The minimum atomic E-state index is -2.74. The van der Waals surface area contributed by atoms with E-state index in [0.717, 1.165) is 49.9 Å². The van der Waals surface area contributed by atoms with E-state index in [1.807, 2.05) is 44.0 Å². The standard InChI is InChI=1S/C23H27N5O.C6H8O7/c1-19-6-3-10-25-23(19)28-14-4-7-21(28)16-27(17-22-9-8-20(2)29-22)13-5-12-26-15-11-24-18-26;7-3(8)1-6(13,5(11)12)2-4(9)10/h3-4,6-11,14-15,18H,5,12-13,16-17H2,1-2H3;13H,1-2H2,(H,7,8)(H,9,10)(H,11,12). The van der Waals surface area contributed by atoms with E-state index in [-0.39, 0.29) is 0 Å². The summed E-state index contributed by atoms with van der Waals surface area (Å²) in [6.45, 7) is 7.61. The van der Waals surface area contributed by atoms with Gasteiger partial charge in [-0.05, 0) is 56.2 Å². The van der Waals surface area contributed by atoms with Crippen LogP contribution in [0.1, 0.15) is 42.0 Å². The normalized spacial score (nSPS) is 11.2. The Morgan fingerprint density at radius 2 is 1.69 bits per heavy atom. The van der Waals surface area contributed by atoms with Gasteiger partial charge in [-0.3, -0.25) is 14.5 Å². The van der Waals surface area contributed by atoms with Gasteiger partial charge in [-0.15, -0.1) is 0 Å². The number of pyridine rings is 1. The van der Waals surface area contributed by atoms with Crippen LogP contribution in [0.25, 0.3) is 5.82 Å². The summed E-state index contributed by atoms with van der Waals surface area (Å²) in [5.41, 5.74) is -0.353. The van der Waals surface area contributed by atoms with Crippen molar-refractivity contribution in [1.29, 1.82) is 0 Å². The van der Waals surface area contributed by atoms with Crippen molar-refractivity contribution in [3.05, 3.63) is 90.3 Å². The van der Waals surface area contributed by atoms with E-state index in [2.05, 4.69) is 61.4 Å². The molecule has 4 aromatic heterocycles. The topological polar surface area (TPSA) is 184 Å². The third-order valence-electron chi connectivity index (χ3n) is 6.34. The second-order valence-corrected chi connectivity index (χ2v) is 9.87. The van der Waals surface area contributed by atoms with E-state index in [1.165, 1.54) is 11.3 Å². The quantitative estimate of drug-likeness (QED) is 0.171. The van der Waals surface area contributed by atoms with Gasteiger partial charge in [0.25, 0.3) is 0 Å². The predicted molar refractivity (Wildman–Crippen MR) is 150 cm³/mol. The van der Waals surface area contributed by atoms with Crippen molar-refractivity contribution in [2.24, 2.45) is 0 Å². The van der Waals surface area contributed by atoms with E-state index in [4.69, 9.17) is 24.8 Å². The van der Waals surface area contributed by atoms with Gasteiger partial charge in [0.2, 0.25) is 0 Å². The zero-order valence-corrected chi connectivity index (χ0v) is 23.5. The van der Waals surface area contributed by atoms with Gasteiger partial charge in [-0.25, -0.2) is 14.8 Å². The molecule has 0 amide bonds. The molecule has 0 aliphatic heterocycles. The highest BCUT2D eigenvalue weighted by Gasteiger charge is 2.40. The number of nitrogens with zero attached hydrogens (tertiary/aromatic N) is 5. The maximum Gasteiger partial charge on any atom is 0.336 e. The van der Waals surface area contributed by atoms with Crippen LogP contribution in [0.3, 0.4) is 0 Å². The average Bonchev–Trinajstić information content (AvgIpc) is 3.67. The summed E-state index contributed by atoms with van der Waals surface area (Å²) >= 11 is 0. The smallest absolute Gasteiger partial charge is 0.336 e. The highest BCUT2D eigenvalue weighted by Crippen LogP contribution is 2.19. The van der Waals surface area contributed by atoms with Crippen molar-refractivity contribution in [1.82, 2.24) is 24.0 Å². The van der Waals surface area contributed by atoms with Crippen molar-refractivity contribution in [3.63, 3.8) is 0 Å². The molecule has 224 valence electrons. The fraction of sp³-hybridized carbons (Fsp3) is 0.345. The lowest BCUT2D eigenvalue weighted by Crippen LogP contribution is -2.42. The predicted octanol–water partition coefficient (Wildman–Crippen LogP) is 3.12. The Balaban J connectivity index is 0.000000316. The number of carboxylic acid groups (broad SMARTS) is 3. The molecule has 0 radical (unpaired) electrons. The minimum Gasteiger partial charge on any atom is -0.481 e. The fourth-order valence-electron chi connectivity index (χ4n) is 4.32. The summed E-state index contributed by atoms with van der Waals surface area (Å²) in [5, 5.41) is 33.8. The van der Waals surface area contributed by atoms with Gasteiger partial charge in [-0.2, -0.15) is 0 Å². The van der Waals surface area contributed by atoms with Crippen molar-refractivity contribution >= 4 is 17.9 Å². The maximum absolute atomic E-state index is 10.3. The van der Waals surface area contributed by atoms with Crippen molar-refractivity contribution in [3.8, 4) is 5.82 Å². The Bertz CT molecular complexity index is 1440. The van der Waals surface area contributed by atoms with E-state index in [0.29, 0.717) is 0 Å². The molecule has 0 atom stereocenters. The minimum absolute atomic E-state index is 0.782. The van der Waals surface area contributed by atoms with Crippen LogP contribution < -0.4 is 0 Å². The number of rotatable bonds is 14. The van der Waals surface area contributed by atoms with Crippen LogP contribution in [0.2, 0.25) is 0 Å². The van der Waals surface area contributed by atoms with Crippen LogP contribution in [0, 0.1) is 13.8 Å². The summed E-state index contributed by atoms with van der Waals surface area (Å²) in [5.74, 6) is -2.09. The van der Waals surface area contributed by atoms with Gasteiger partial charge in [0.05, 0.1) is 25.7 Å². The van der Waals surface area contributed by atoms with Crippen LogP contribution in [-0.4, -0.2) is 74.5 Å². The molecular formula is C29H35N5O8. The molecule has 13 heteroatoms. The van der Waals surface area contributed by atoms with Gasteiger partial charge < -0.3 is 34.0 Å². The number of carboxylic acids is 3. The summed E-state index contributed by atoms with van der Waals surface area (Å²) in [7, 11) is 0. The van der Waals surface area contributed by atoms with Crippen molar-refractivity contribution < 1.29 is 39.2 Å². The first kappa shape index (κ1) is 31.8. The molecule has 13 nitrogen and oxygen atoms in total. The van der Waals surface area contributed by atoms with Crippen LogP contribution in [-0.2, 0) is 34.0 Å². The van der Waals surface area contributed by atoms with Gasteiger partial charge in [0.1, 0.15) is 17.3 Å². The Hall–Kier alpha value is -4.75. The molecular weight excluding hydrogens is 546 g/mol. The second-order valence-electron chi connectivity index (χ2n) is 9.87.